The largest absolute Gasteiger partial charge is 0.364 e. The zero-order chi connectivity index (χ0) is 27.8. The first-order chi connectivity index (χ1) is 17.6. The quantitative estimate of drug-likeness (QED) is 0.295. The van der Waals surface area contributed by atoms with E-state index in [1.807, 2.05) is 64.1 Å². The van der Waals surface area contributed by atoms with Gasteiger partial charge in [0.1, 0.15) is 16.7 Å². The van der Waals surface area contributed by atoms with Gasteiger partial charge in [-0.1, -0.05) is 60.6 Å². The van der Waals surface area contributed by atoms with E-state index in [0.29, 0.717) is 11.5 Å². The van der Waals surface area contributed by atoms with E-state index < -0.39 is 0 Å². The molecular weight excluding hydrogens is 478 g/mol. The Morgan fingerprint density at radius 2 is 1.78 bits per heavy atom. The number of hydrogen-bond donors (Lipinski definition) is 2. The lowest BCUT2D eigenvalue weighted by molar-refractivity contribution is 0.0984. The van der Waals surface area contributed by atoms with Crippen molar-refractivity contribution in [2.75, 3.05) is 16.8 Å². The summed E-state index contributed by atoms with van der Waals surface area (Å²) in [7, 11) is 0. The highest BCUT2D eigenvalue weighted by Gasteiger charge is 2.41. The standard InChI is InChI=1S/C26H35N5OS.2C2H6/c1-7-18-12-11-17-15-26(5,6)31(16-17)23-19(13-14-20(28-23)25(2,3)4)24(32)30-33-22-10-8-9-21(27-18)29-22;2*1-2/h7-10,13-14,17-18H,1,11-12,15-16H2,2-6H3,(H,27,29)(H,30,32);2*1-2H3. The van der Waals surface area contributed by atoms with Gasteiger partial charge in [-0.3, -0.25) is 9.52 Å². The van der Waals surface area contributed by atoms with Crippen LogP contribution in [0.4, 0.5) is 11.6 Å². The summed E-state index contributed by atoms with van der Waals surface area (Å²) in [5.41, 5.74) is 1.41. The van der Waals surface area contributed by atoms with Gasteiger partial charge in [-0.2, -0.15) is 0 Å². The fourth-order valence-electron chi connectivity index (χ4n) is 4.76. The first-order valence-electron chi connectivity index (χ1n) is 13.7. The molecule has 6 nitrogen and oxygen atoms in total. The predicted octanol–water partition coefficient (Wildman–Crippen LogP) is 7.63. The van der Waals surface area contributed by atoms with Crippen molar-refractivity contribution in [2.45, 2.75) is 104 Å². The van der Waals surface area contributed by atoms with Crippen molar-refractivity contribution < 1.29 is 4.79 Å². The van der Waals surface area contributed by atoms with Crippen LogP contribution in [-0.4, -0.2) is 34.0 Å². The number of anilines is 2. The second-order valence-electron chi connectivity index (χ2n) is 10.8. The number of hydrogen-bond acceptors (Lipinski definition) is 6. The Morgan fingerprint density at radius 1 is 1.08 bits per heavy atom. The van der Waals surface area contributed by atoms with Crippen molar-refractivity contribution in [1.29, 1.82) is 0 Å². The Hall–Kier alpha value is -2.54. The minimum atomic E-state index is -0.152. The van der Waals surface area contributed by atoms with E-state index in [1.54, 1.807) is 0 Å². The van der Waals surface area contributed by atoms with Crippen LogP contribution in [0.25, 0.3) is 0 Å². The van der Waals surface area contributed by atoms with Gasteiger partial charge in [0.05, 0.1) is 5.56 Å². The third kappa shape index (κ3) is 7.73. The van der Waals surface area contributed by atoms with Gasteiger partial charge in [-0.05, 0) is 63.3 Å². The number of fused-ring (bicyclic) bond motifs is 6. The van der Waals surface area contributed by atoms with Crippen molar-refractivity contribution in [3.05, 3.63) is 54.2 Å². The zero-order valence-corrected chi connectivity index (χ0v) is 25.1. The van der Waals surface area contributed by atoms with E-state index in [9.17, 15) is 4.79 Å². The summed E-state index contributed by atoms with van der Waals surface area (Å²) in [6.45, 7) is 23.9. The molecular formula is C30H47N5OS. The number of carbonyl (C=O) groups is 1. The van der Waals surface area contributed by atoms with Crippen LogP contribution in [0, 0.1) is 5.92 Å². The summed E-state index contributed by atoms with van der Waals surface area (Å²) in [4.78, 5) is 25.4. The highest BCUT2D eigenvalue weighted by molar-refractivity contribution is 7.97. The minimum Gasteiger partial charge on any atom is -0.364 e. The molecule has 2 aromatic heterocycles. The molecule has 4 heterocycles. The molecule has 2 N–H and O–H groups in total. The predicted molar refractivity (Wildman–Crippen MR) is 160 cm³/mol. The van der Waals surface area contributed by atoms with E-state index in [1.165, 1.54) is 11.9 Å². The van der Waals surface area contributed by atoms with E-state index in [0.717, 1.165) is 48.2 Å². The molecule has 1 fully saturated rings. The Balaban J connectivity index is 0.00000115. The van der Waals surface area contributed by atoms with Gasteiger partial charge in [0.15, 0.2) is 0 Å². The van der Waals surface area contributed by atoms with Gasteiger partial charge in [-0.25, -0.2) is 9.97 Å². The fraction of sp³-hybridized carbons (Fsp3) is 0.567. The van der Waals surface area contributed by atoms with Crippen LogP contribution in [-0.2, 0) is 5.41 Å². The minimum absolute atomic E-state index is 0.0869. The van der Waals surface area contributed by atoms with Gasteiger partial charge in [0.25, 0.3) is 5.91 Å². The molecule has 1 saturated heterocycles. The molecule has 37 heavy (non-hydrogen) atoms. The average molecular weight is 526 g/mol. The van der Waals surface area contributed by atoms with Crippen molar-refractivity contribution in [3.63, 3.8) is 0 Å². The normalized spacial score (nSPS) is 20.8. The van der Waals surface area contributed by atoms with Crippen LogP contribution in [0.2, 0.25) is 0 Å². The number of carbonyl (C=O) groups excluding carboxylic acids is 1. The van der Waals surface area contributed by atoms with Crippen LogP contribution >= 0.6 is 11.9 Å². The number of nitrogens with zero attached hydrogens (tertiary/aromatic N) is 3. The number of nitrogens with one attached hydrogen (secondary N) is 2. The Morgan fingerprint density at radius 3 is 2.43 bits per heavy atom. The second kappa shape index (κ2) is 13.3. The molecule has 4 bridgehead atoms. The van der Waals surface area contributed by atoms with Gasteiger partial charge in [0, 0.05) is 41.2 Å². The summed E-state index contributed by atoms with van der Waals surface area (Å²) < 4.78 is 2.99. The molecule has 2 aliphatic heterocycles. The lowest BCUT2D eigenvalue weighted by Gasteiger charge is -2.34. The average Bonchev–Trinajstić information content (AvgIpc) is 3.20. The Bertz CT molecular complexity index is 1050. The molecule has 2 aromatic rings. The summed E-state index contributed by atoms with van der Waals surface area (Å²) in [5, 5.41) is 4.22. The number of rotatable bonds is 1. The second-order valence-corrected chi connectivity index (χ2v) is 11.6. The molecule has 7 heteroatoms. The van der Waals surface area contributed by atoms with Gasteiger partial charge in [0.2, 0.25) is 0 Å². The molecule has 0 saturated carbocycles. The molecule has 0 spiro atoms. The first kappa shape index (κ1) is 30.7. The monoisotopic (exact) mass is 525 g/mol. The van der Waals surface area contributed by atoms with Gasteiger partial charge >= 0.3 is 0 Å². The van der Waals surface area contributed by atoms with Crippen LogP contribution in [0.15, 0.2) is 48.0 Å². The Kier molecular flexibility index (Phi) is 11.0. The first-order valence-corrected chi connectivity index (χ1v) is 14.5. The molecule has 1 amide bonds. The summed E-state index contributed by atoms with van der Waals surface area (Å²) >= 11 is 1.23. The number of amides is 1. The third-order valence-electron chi connectivity index (χ3n) is 6.58. The van der Waals surface area contributed by atoms with Crippen molar-refractivity contribution in [3.8, 4) is 0 Å². The number of aromatic nitrogens is 2. The highest BCUT2D eigenvalue weighted by atomic mass is 32.2. The van der Waals surface area contributed by atoms with Crippen molar-refractivity contribution in [1.82, 2.24) is 14.7 Å². The maximum absolute atomic E-state index is 13.3. The summed E-state index contributed by atoms with van der Waals surface area (Å²) in [6, 6.07) is 9.85. The van der Waals surface area contributed by atoms with Gasteiger partial charge in [-0.15, -0.1) is 6.58 Å². The molecule has 2 atom stereocenters. The fourth-order valence-corrected chi connectivity index (χ4v) is 5.36. The van der Waals surface area contributed by atoms with Crippen LogP contribution in [0.3, 0.4) is 0 Å². The summed E-state index contributed by atoms with van der Waals surface area (Å²) in [5.74, 6) is 1.93. The van der Waals surface area contributed by atoms with Crippen molar-refractivity contribution in [2.24, 2.45) is 5.92 Å². The van der Waals surface area contributed by atoms with E-state index in [4.69, 9.17) is 4.98 Å². The zero-order valence-electron chi connectivity index (χ0n) is 24.3. The SMILES string of the molecule is C=CC1CCC2CN(c3nc(C(C)(C)C)ccc3C(=O)NSc3cccc(n3)N1)C(C)(C)C2.CC.CC. The lowest BCUT2D eigenvalue weighted by atomic mass is 9.91. The molecule has 0 aliphatic carbocycles. The Labute approximate surface area is 229 Å². The molecule has 0 radical (unpaired) electrons. The molecule has 0 aromatic carbocycles. The summed E-state index contributed by atoms with van der Waals surface area (Å²) in [6.07, 6.45) is 5.07. The molecule has 204 valence electrons. The van der Waals surface area contributed by atoms with Gasteiger partial charge < -0.3 is 10.2 Å². The van der Waals surface area contributed by atoms with E-state index in [-0.39, 0.29) is 22.9 Å². The highest BCUT2D eigenvalue weighted by Crippen LogP contribution is 2.40. The molecule has 2 aliphatic rings. The van der Waals surface area contributed by atoms with Crippen LogP contribution < -0.4 is 14.9 Å². The van der Waals surface area contributed by atoms with Crippen LogP contribution in [0.5, 0.6) is 0 Å². The maximum Gasteiger partial charge on any atom is 0.265 e. The van der Waals surface area contributed by atoms with Crippen molar-refractivity contribution >= 4 is 29.5 Å². The maximum atomic E-state index is 13.3. The number of pyridine rings is 2. The van der Waals surface area contributed by atoms with E-state index >= 15 is 0 Å². The topological polar surface area (TPSA) is 70.2 Å². The van der Waals surface area contributed by atoms with E-state index in [2.05, 4.69) is 61.1 Å². The molecule has 2 unspecified atom stereocenters. The lowest BCUT2D eigenvalue weighted by Crippen LogP contribution is -2.40. The van der Waals surface area contributed by atoms with Crippen LogP contribution in [0.1, 0.15) is 97.6 Å². The third-order valence-corrected chi connectivity index (χ3v) is 7.30. The smallest absolute Gasteiger partial charge is 0.265 e. The molecule has 4 rings (SSSR count).